The summed E-state index contributed by atoms with van der Waals surface area (Å²) in [6.45, 7) is 22.1. The number of hydrogen-bond acceptors (Lipinski definition) is 3. The van der Waals surface area contributed by atoms with Gasteiger partial charge >= 0.3 is 21.1 Å². The Bertz CT molecular complexity index is 2370. The van der Waals surface area contributed by atoms with Crippen LogP contribution in [-0.4, -0.2) is 19.3 Å². The number of nitrogens with zero attached hydrogens (tertiary/aromatic N) is 4. The quantitative estimate of drug-likeness (QED) is 0.157. The zero-order valence-corrected chi connectivity index (χ0v) is 33.5. The van der Waals surface area contributed by atoms with E-state index in [1.54, 1.807) is 0 Å². The van der Waals surface area contributed by atoms with Gasteiger partial charge < -0.3 is 9.30 Å². The predicted octanol–water partition coefficient (Wildman–Crippen LogP) is 11.3. The Morgan fingerprint density at radius 3 is 2.02 bits per heavy atom. The molecule has 0 atom stereocenters. The van der Waals surface area contributed by atoms with Crippen LogP contribution in [0.15, 0.2) is 97.2 Å². The molecule has 0 saturated heterocycles. The molecule has 0 radical (unpaired) electrons. The van der Waals surface area contributed by atoms with Crippen molar-refractivity contribution in [3.8, 4) is 23.0 Å². The summed E-state index contributed by atoms with van der Waals surface area (Å²) in [5.74, 6) is 2.10. The van der Waals surface area contributed by atoms with Crippen molar-refractivity contribution in [1.82, 2.24) is 19.3 Å². The van der Waals surface area contributed by atoms with Gasteiger partial charge in [-0.3, -0.25) is 4.68 Å². The van der Waals surface area contributed by atoms with Crippen LogP contribution >= 0.6 is 0 Å². The number of pyridine rings is 1. The molecule has 3 heterocycles. The predicted molar refractivity (Wildman–Crippen MR) is 205 cm³/mol. The fraction of sp³-hybridized carbons (Fsp3) is 0.289. The van der Waals surface area contributed by atoms with Gasteiger partial charge in [-0.15, -0.1) is 41.5 Å². The SMILES string of the molecule is Cc1cc(C)n(-c2[c-]c(Oc3[c-]c4c(c(C(C)(C)C)c3)c3ccccc3n4-c3cc(C(C)(C)C)ccn3)cc(C(C)(C)c3ccccc3)c2)n1.[Pt+2]. The third-order valence-electron chi connectivity index (χ3n) is 9.81. The van der Waals surface area contributed by atoms with Gasteiger partial charge in [0.05, 0.1) is 5.69 Å². The molecule has 7 aromatic rings. The summed E-state index contributed by atoms with van der Waals surface area (Å²) in [7, 11) is 0. The molecule has 5 nitrogen and oxygen atoms in total. The Hall–Kier alpha value is -4.47. The summed E-state index contributed by atoms with van der Waals surface area (Å²) in [4.78, 5) is 4.91. The number of aromatic nitrogens is 4. The molecule has 0 N–H and O–H groups in total. The molecule has 0 aliphatic carbocycles. The first kappa shape index (κ1) is 36.3. The van der Waals surface area contributed by atoms with E-state index in [9.17, 15) is 0 Å². The van der Waals surface area contributed by atoms with Gasteiger partial charge in [-0.25, -0.2) is 4.98 Å². The van der Waals surface area contributed by atoms with Crippen LogP contribution in [0.2, 0.25) is 0 Å². The van der Waals surface area contributed by atoms with Crippen LogP contribution in [0.3, 0.4) is 0 Å². The molecule has 0 unspecified atom stereocenters. The number of fused-ring (bicyclic) bond motifs is 3. The Labute approximate surface area is 317 Å². The minimum atomic E-state index is -0.306. The second-order valence-corrected chi connectivity index (χ2v) is 16.1. The Morgan fingerprint density at radius 2 is 1.35 bits per heavy atom. The normalized spacial score (nSPS) is 12.4. The van der Waals surface area contributed by atoms with Crippen molar-refractivity contribution >= 4 is 21.8 Å². The number of aryl methyl sites for hydroxylation is 2. The van der Waals surface area contributed by atoms with Crippen LogP contribution < -0.4 is 4.74 Å². The maximum absolute atomic E-state index is 6.88. The minimum absolute atomic E-state index is 0. The zero-order chi connectivity index (χ0) is 35.6. The summed E-state index contributed by atoms with van der Waals surface area (Å²) < 4.78 is 11.1. The van der Waals surface area contributed by atoms with E-state index in [0.717, 1.165) is 44.9 Å². The molecule has 262 valence electrons. The zero-order valence-electron chi connectivity index (χ0n) is 31.3. The van der Waals surface area contributed by atoms with Crippen LogP contribution in [0.1, 0.15) is 89.0 Å². The third-order valence-corrected chi connectivity index (χ3v) is 9.81. The van der Waals surface area contributed by atoms with Gasteiger partial charge in [0, 0.05) is 28.9 Å². The van der Waals surface area contributed by atoms with E-state index in [0.29, 0.717) is 11.5 Å². The van der Waals surface area contributed by atoms with Gasteiger partial charge in [0.2, 0.25) is 0 Å². The van der Waals surface area contributed by atoms with Crippen LogP contribution in [0.25, 0.3) is 33.3 Å². The first-order valence-corrected chi connectivity index (χ1v) is 17.4. The van der Waals surface area contributed by atoms with Crippen LogP contribution in [0.5, 0.6) is 11.5 Å². The summed E-state index contributed by atoms with van der Waals surface area (Å²) in [5.41, 5.74) is 9.07. The average Bonchev–Trinajstić information content (AvgIpc) is 3.59. The number of rotatable bonds is 6. The second kappa shape index (κ2) is 13.3. The molecule has 6 heteroatoms. The molecule has 0 aliphatic heterocycles. The van der Waals surface area contributed by atoms with Gasteiger partial charge in [0.25, 0.3) is 0 Å². The van der Waals surface area contributed by atoms with Crippen molar-refractivity contribution in [2.45, 2.75) is 85.5 Å². The Morgan fingerprint density at radius 1 is 0.667 bits per heavy atom. The van der Waals surface area contributed by atoms with E-state index < -0.39 is 0 Å². The molecule has 0 bridgehead atoms. The van der Waals surface area contributed by atoms with Gasteiger partial charge in [-0.2, -0.15) is 5.10 Å². The maximum atomic E-state index is 6.88. The molecule has 0 aliphatic rings. The van der Waals surface area contributed by atoms with E-state index in [4.69, 9.17) is 14.8 Å². The summed E-state index contributed by atoms with van der Waals surface area (Å²) >= 11 is 0. The van der Waals surface area contributed by atoms with E-state index in [2.05, 4.69) is 170 Å². The fourth-order valence-corrected chi connectivity index (χ4v) is 6.95. The number of para-hydroxylation sites is 1. The smallest absolute Gasteiger partial charge is 0.509 e. The summed E-state index contributed by atoms with van der Waals surface area (Å²) in [6.07, 6.45) is 1.91. The standard InChI is InChI=1S/C45H46N4O.Pt/c1-29-22-30(2)49(47-29)34-23-33(45(9,10)31-16-12-11-13-17-31)24-35(26-34)50-36-27-38(44(6,7)8)42-37-18-14-15-19-39(37)48(40(42)28-36)41-25-32(20-21-46-41)43(3,4)5;/h11-25,27H,1-10H3;/q-2;+2. The summed E-state index contributed by atoms with van der Waals surface area (Å²) in [6, 6.07) is 39.3. The first-order chi connectivity index (χ1) is 23.6. The minimum Gasteiger partial charge on any atom is -0.509 e. The van der Waals surface area contributed by atoms with Crippen LogP contribution in [-0.2, 0) is 37.3 Å². The average molecular weight is 854 g/mol. The van der Waals surface area contributed by atoms with E-state index in [1.165, 1.54) is 22.1 Å². The van der Waals surface area contributed by atoms with Crippen molar-refractivity contribution in [3.05, 3.63) is 143 Å². The van der Waals surface area contributed by atoms with Gasteiger partial charge in [0.1, 0.15) is 5.82 Å². The monoisotopic (exact) mass is 853 g/mol. The molecule has 0 spiro atoms. The van der Waals surface area contributed by atoms with E-state index >= 15 is 0 Å². The van der Waals surface area contributed by atoms with E-state index in [-0.39, 0.29) is 37.3 Å². The molecule has 0 saturated carbocycles. The van der Waals surface area contributed by atoms with Crippen molar-refractivity contribution in [3.63, 3.8) is 0 Å². The third kappa shape index (κ3) is 6.81. The first-order valence-electron chi connectivity index (χ1n) is 17.4. The fourth-order valence-electron chi connectivity index (χ4n) is 6.95. The molecule has 4 aromatic carbocycles. The molecule has 3 aromatic heterocycles. The molecule has 0 amide bonds. The van der Waals surface area contributed by atoms with Crippen LogP contribution in [0.4, 0.5) is 0 Å². The summed E-state index contributed by atoms with van der Waals surface area (Å²) in [5, 5.41) is 7.15. The largest absolute Gasteiger partial charge is 2.00 e. The van der Waals surface area contributed by atoms with Crippen molar-refractivity contribution in [1.29, 1.82) is 0 Å². The number of ether oxygens (including phenoxy) is 1. The second-order valence-electron chi connectivity index (χ2n) is 16.1. The Balaban J connectivity index is 0.00000448. The van der Waals surface area contributed by atoms with Crippen molar-refractivity contribution < 1.29 is 25.8 Å². The van der Waals surface area contributed by atoms with Crippen LogP contribution in [0, 0.1) is 26.0 Å². The van der Waals surface area contributed by atoms with E-state index in [1.807, 2.05) is 17.8 Å². The Kier molecular flexibility index (Phi) is 9.44. The van der Waals surface area contributed by atoms with Crippen molar-refractivity contribution in [2.75, 3.05) is 0 Å². The van der Waals surface area contributed by atoms with Gasteiger partial charge in [0.15, 0.2) is 0 Å². The maximum Gasteiger partial charge on any atom is 2.00 e. The number of hydrogen-bond donors (Lipinski definition) is 0. The topological polar surface area (TPSA) is 44.9 Å². The molecular formula is C45H46N4OPt. The molecule has 51 heavy (non-hydrogen) atoms. The molecule has 7 rings (SSSR count). The number of benzene rings is 4. The van der Waals surface area contributed by atoms with Gasteiger partial charge in [-0.1, -0.05) is 115 Å². The molecule has 0 fully saturated rings. The molecular weight excluding hydrogens is 808 g/mol. The van der Waals surface area contributed by atoms with Crippen molar-refractivity contribution in [2.24, 2.45) is 0 Å². The van der Waals surface area contributed by atoms with Gasteiger partial charge in [-0.05, 0) is 76.6 Å².